The molecule has 7 heteroatoms. The number of nitrogens with one attached hydrogen (secondary N) is 2. The number of guanidine groups is 1. The van der Waals surface area contributed by atoms with E-state index >= 15 is 0 Å². The fourth-order valence-electron chi connectivity index (χ4n) is 1.60. The summed E-state index contributed by atoms with van der Waals surface area (Å²) in [6.07, 6.45) is 1.81. The van der Waals surface area contributed by atoms with Gasteiger partial charge in [0.05, 0.1) is 0 Å². The molecule has 136 valence electrons. The van der Waals surface area contributed by atoms with Gasteiger partial charge in [-0.2, -0.15) is 11.8 Å². The largest absolute Gasteiger partial charge is 0.444 e. The van der Waals surface area contributed by atoms with Gasteiger partial charge in [0.2, 0.25) is 0 Å². The van der Waals surface area contributed by atoms with Crippen molar-refractivity contribution in [1.82, 2.24) is 15.5 Å². The molecule has 0 radical (unpaired) electrons. The van der Waals surface area contributed by atoms with Crippen molar-refractivity contribution >= 4 is 23.8 Å². The summed E-state index contributed by atoms with van der Waals surface area (Å²) < 4.78 is 5.53. The molecule has 0 bridgehead atoms. The topological polar surface area (TPSA) is 66.0 Å². The first kappa shape index (κ1) is 21.9. The van der Waals surface area contributed by atoms with E-state index in [1.54, 1.807) is 23.7 Å². The maximum atomic E-state index is 12.1. The Kier molecular flexibility index (Phi) is 9.42. The zero-order valence-corrected chi connectivity index (χ0v) is 16.8. The smallest absolute Gasteiger partial charge is 0.410 e. The Morgan fingerprint density at radius 1 is 1.22 bits per heavy atom. The Balaban J connectivity index is 4.30. The molecule has 23 heavy (non-hydrogen) atoms. The molecular formula is C16H34N4O2S. The number of carbonyl (C=O) groups is 1. The minimum Gasteiger partial charge on any atom is -0.444 e. The van der Waals surface area contributed by atoms with E-state index in [1.165, 1.54) is 0 Å². The van der Waals surface area contributed by atoms with Gasteiger partial charge in [0.25, 0.3) is 0 Å². The first-order chi connectivity index (χ1) is 10.5. The highest BCUT2D eigenvalue weighted by atomic mass is 32.2. The van der Waals surface area contributed by atoms with Gasteiger partial charge in [-0.3, -0.25) is 4.99 Å². The second kappa shape index (κ2) is 9.90. The predicted molar refractivity (Wildman–Crippen MR) is 100 cm³/mol. The van der Waals surface area contributed by atoms with Crippen molar-refractivity contribution in [2.45, 2.75) is 51.9 Å². The first-order valence-electron chi connectivity index (χ1n) is 8.02. The molecule has 1 amide bonds. The summed E-state index contributed by atoms with van der Waals surface area (Å²) in [5.41, 5.74) is -0.473. The van der Waals surface area contributed by atoms with Gasteiger partial charge in [-0.15, -0.1) is 0 Å². The van der Waals surface area contributed by atoms with E-state index in [4.69, 9.17) is 4.74 Å². The van der Waals surface area contributed by atoms with E-state index in [1.807, 2.05) is 27.7 Å². The highest BCUT2D eigenvalue weighted by Gasteiger charge is 2.21. The van der Waals surface area contributed by atoms with Crippen LogP contribution in [0.4, 0.5) is 4.79 Å². The third kappa shape index (κ3) is 10.3. The maximum Gasteiger partial charge on any atom is 0.410 e. The van der Waals surface area contributed by atoms with Crippen molar-refractivity contribution in [2.75, 3.05) is 39.5 Å². The van der Waals surface area contributed by atoms with E-state index in [9.17, 15) is 4.79 Å². The van der Waals surface area contributed by atoms with Crippen molar-refractivity contribution in [3.63, 3.8) is 0 Å². The van der Waals surface area contributed by atoms with Crippen LogP contribution in [-0.4, -0.2) is 66.8 Å². The van der Waals surface area contributed by atoms with Crippen LogP contribution in [0, 0.1) is 0 Å². The van der Waals surface area contributed by atoms with E-state index < -0.39 is 5.60 Å². The molecule has 0 aliphatic rings. The van der Waals surface area contributed by atoms with Crippen LogP contribution in [0.2, 0.25) is 0 Å². The summed E-state index contributed by atoms with van der Waals surface area (Å²) in [5, 5.41) is 6.53. The number of amides is 1. The van der Waals surface area contributed by atoms with Crippen molar-refractivity contribution in [3.05, 3.63) is 0 Å². The minimum atomic E-state index is -0.473. The van der Waals surface area contributed by atoms with E-state index in [0.717, 1.165) is 12.5 Å². The van der Waals surface area contributed by atoms with Gasteiger partial charge in [0, 0.05) is 38.0 Å². The molecule has 0 fully saturated rings. The van der Waals surface area contributed by atoms with Crippen molar-refractivity contribution in [3.8, 4) is 0 Å². The predicted octanol–water partition coefficient (Wildman–Crippen LogP) is 2.55. The van der Waals surface area contributed by atoms with Crippen LogP contribution in [0.3, 0.4) is 0 Å². The van der Waals surface area contributed by atoms with Crippen LogP contribution >= 0.6 is 11.8 Å². The Bertz CT molecular complexity index is 392. The second-order valence-electron chi connectivity index (χ2n) is 6.88. The lowest BCUT2D eigenvalue weighted by molar-refractivity contribution is 0.0264. The van der Waals surface area contributed by atoms with Gasteiger partial charge in [-0.1, -0.05) is 0 Å². The number of rotatable bonds is 7. The minimum absolute atomic E-state index is 0.142. The van der Waals surface area contributed by atoms with Gasteiger partial charge in [0.15, 0.2) is 5.96 Å². The average molecular weight is 347 g/mol. The molecule has 0 rings (SSSR count). The lowest BCUT2D eigenvalue weighted by Crippen LogP contribution is -2.46. The summed E-state index contributed by atoms with van der Waals surface area (Å²) in [6.45, 7) is 14.5. The lowest BCUT2D eigenvalue weighted by atomic mass is 10.2. The van der Waals surface area contributed by atoms with Crippen LogP contribution in [0.5, 0.6) is 0 Å². The monoisotopic (exact) mass is 346 g/mol. The van der Waals surface area contributed by atoms with E-state index in [0.29, 0.717) is 19.6 Å². The third-order valence-corrected chi connectivity index (χ3v) is 4.41. The number of thioether (sulfide) groups is 1. The summed E-state index contributed by atoms with van der Waals surface area (Å²) >= 11 is 1.81. The SMILES string of the molecule is CCN(CCNC(=NC)NCC(C)(C)SC)C(=O)OC(C)(C)C. The van der Waals surface area contributed by atoms with Crippen LogP contribution in [-0.2, 0) is 4.74 Å². The molecule has 6 nitrogen and oxygen atoms in total. The number of carbonyl (C=O) groups excluding carboxylic acids is 1. The maximum absolute atomic E-state index is 12.1. The highest BCUT2D eigenvalue weighted by Crippen LogP contribution is 2.19. The Morgan fingerprint density at radius 3 is 2.26 bits per heavy atom. The first-order valence-corrected chi connectivity index (χ1v) is 9.24. The Labute approximate surface area is 145 Å². The fraction of sp³-hybridized carbons (Fsp3) is 0.875. The Hall–Kier alpha value is -1.11. The normalized spacial score (nSPS) is 12.8. The zero-order chi connectivity index (χ0) is 18.1. The zero-order valence-electron chi connectivity index (χ0n) is 15.9. The fourth-order valence-corrected chi connectivity index (χ4v) is 1.82. The van der Waals surface area contributed by atoms with Crippen LogP contribution in [0.1, 0.15) is 41.5 Å². The summed E-state index contributed by atoms with van der Waals surface area (Å²) in [5.74, 6) is 0.743. The van der Waals surface area contributed by atoms with Crippen LogP contribution < -0.4 is 10.6 Å². The average Bonchev–Trinajstić information content (AvgIpc) is 2.44. The van der Waals surface area contributed by atoms with E-state index in [-0.39, 0.29) is 10.8 Å². The number of nitrogens with zero attached hydrogens (tertiary/aromatic N) is 2. The van der Waals surface area contributed by atoms with E-state index in [2.05, 4.69) is 35.7 Å². The van der Waals surface area contributed by atoms with Gasteiger partial charge < -0.3 is 20.3 Å². The molecular weight excluding hydrogens is 312 g/mol. The van der Waals surface area contributed by atoms with Crippen LogP contribution in [0.25, 0.3) is 0 Å². The van der Waals surface area contributed by atoms with Gasteiger partial charge >= 0.3 is 6.09 Å². The highest BCUT2D eigenvalue weighted by molar-refractivity contribution is 7.99. The number of likely N-dealkylation sites (N-methyl/N-ethyl adjacent to an activating group) is 1. The summed E-state index contributed by atoms with van der Waals surface area (Å²) in [6, 6.07) is 0. The molecule has 0 aromatic rings. The quantitative estimate of drug-likeness (QED) is 0.548. The third-order valence-electron chi connectivity index (χ3n) is 3.17. The molecule has 0 saturated heterocycles. The second-order valence-corrected chi connectivity index (χ2v) is 8.39. The number of aliphatic imine (C=N–C) groups is 1. The number of hydrogen-bond donors (Lipinski definition) is 2. The summed E-state index contributed by atoms with van der Waals surface area (Å²) in [4.78, 5) is 17.9. The van der Waals surface area contributed by atoms with Gasteiger partial charge in [-0.05, 0) is 47.8 Å². The van der Waals surface area contributed by atoms with Crippen LogP contribution in [0.15, 0.2) is 4.99 Å². The van der Waals surface area contributed by atoms with Crippen molar-refractivity contribution < 1.29 is 9.53 Å². The Morgan fingerprint density at radius 2 is 1.83 bits per heavy atom. The molecule has 0 aromatic heterocycles. The number of ether oxygens (including phenoxy) is 1. The van der Waals surface area contributed by atoms with Gasteiger partial charge in [-0.25, -0.2) is 4.79 Å². The molecule has 0 atom stereocenters. The molecule has 0 unspecified atom stereocenters. The van der Waals surface area contributed by atoms with Gasteiger partial charge in [0.1, 0.15) is 5.60 Å². The lowest BCUT2D eigenvalue weighted by Gasteiger charge is -2.27. The molecule has 0 heterocycles. The molecule has 0 aliphatic carbocycles. The van der Waals surface area contributed by atoms with Crippen molar-refractivity contribution in [1.29, 1.82) is 0 Å². The standard InChI is InChI=1S/C16H34N4O2S/c1-9-20(14(21)22-15(2,3)4)11-10-18-13(17-7)19-12-16(5,6)23-8/h9-12H2,1-8H3,(H2,17,18,19). The molecule has 0 saturated carbocycles. The number of hydrogen-bond acceptors (Lipinski definition) is 4. The summed E-state index contributed by atoms with van der Waals surface area (Å²) in [7, 11) is 1.74. The molecule has 2 N–H and O–H groups in total. The molecule has 0 aromatic carbocycles. The molecule has 0 aliphatic heterocycles. The van der Waals surface area contributed by atoms with Crippen molar-refractivity contribution in [2.24, 2.45) is 4.99 Å². The molecule has 0 spiro atoms.